The van der Waals surface area contributed by atoms with Crippen molar-refractivity contribution in [1.29, 1.82) is 0 Å². The van der Waals surface area contributed by atoms with Crippen molar-refractivity contribution in [2.24, 2.45) is 0 Å². The van der Waals surface area contributed by atoms with Crippen LogP contribution in [0.15, 0.2) is 30.6 Å². The van der Waals surface area contributed by atoms with Gasteiger partial charge in [-0.15, -0.1) is 0 Å². The Morgan fingerprint density at radius 1 is 1.35 bits per heavy atom. The van der Waals surface area contributed by atoms with Gasteiger partial charge in [-0.05, 0) is 24.6 Å². The van der Waals surface area contributed by atoms with Gasteiger partial charge in [-0.3, -0.25) is 9.48 Å². The number of alkyl halides is 1. The van der Waals surface area contributed by atoms with Crippen molar-refractivity contribution >= 4 is 29.0 Å². The first kappa shape index (κ1) is 17.7. The third kappa shape index (κ3) is 3.93. The highest BCUT2D eigenvalue weighted by atomic mass is 19.1. The minimum absolute atomic E-state index is 0.0326. The predicted molar refractivity (Wildman–Crippen MR) is 95.4 cm³/mol. The number of amides is 3. The molecule has 2 N–H and O–H groups in total. The largest absolute Gasteiger partial charge is 0.495 e. The maximum atomic E-state index is 12.3. The van der Waals surface area contributed by atoms with E-state index in [0.717, 1.165) is 6.42 Å². The van der Waals surface area contributed by atoms with Crippen LogP contribution in [0.3, 0.4) is 0 Å². The molecular weight excluding hydrogens is 341 g/mol. The molecule has 8 nitrogen and oxygen atoms in total. The zero-order chi connectivity index (χ0) is 18.5. The van der Waals surface area contributed by atoms with E-state index in [1.165, 1.54) is 18.0 Å². The van der Waals surface area contributed by atoms with E-state index in [2.05, 4.69) is 15.7 Å². The maximum Gasteiger partial charge on any atom is 0.323 e. The Morgan fingerprint density at radius 3 is 2.85 bits per heavy atom. The molecule has 1 aliphatic rings. The van der Waals surface area contributed by atoms with Gasteiger partial charge in [0.1, 0.15) is 12.4 Å². The van der Waals surface area contributed by atoms with Gasteiger partial charge in [0.15, 0.2) is 0 Å². The van der Waals surface area contributed by atoms with Crippen LogP contribution in [0.5, 0.6) is 5.75 Å². The molecule has 1 saturated heterocycles. The van der Waals surface area contributed by atoms with Crippen molar-refractivity contribution < 1.29 is 18.7 Å². The number of benzene rings is 1. The van der Waals surface area contributed by atoms with E-state index in [4.69, 9.17) is 4.74 Å². The normalized spacial score (nSPS) is 13.8. The number of methoxy groups -OCH3 is 1. The average Bonchev–Trinajstić information content (AvgIpc) is 3.24. The number of urea groups is 1. The fraction of sp³-hybridized carbons (Fsp3) is 0.353. The molecule has 1 fully saturated rings. The van der Waals surface area contributed by atoms with Crippen molar-refractivity contribution in [2.75, 3.05) is 35.9 Å². The number of carbonyl (C=O) groups excluding carboxylic acids is 2. The number of hydrogen-bond acceptors (Lipinski definition) is 4. The standard InChI is InChI=1S/C17H20FN5O3/c1-26-15-5-4-12(9-14(15)23-7-2-3-16(23)24)20-17(25)21-13-10-19-22(11-13)8-6-18/h4-5,9-11H,2-3,6-8H2,1H3,(H2,20,21,25). The van der Waals surface area contributed by atoms with Gasteiger partial charge in [0.05, 0.1) is 31.2 Å². The summed E-state index contributed by atoms with van der Waals surface area (Å²) in [6.45, 7) is 0.227. The van der Waals surface area contributed by atoms with Crippen LogP contribution in [0.1, 0.15) is 12.8 Å². The second-order valence-corrected chi connectivity index (χ2v) is 5.80. The van der Waals surface area contributed by atoms with Crippen molar-refractivity contribution in [3.63, 3.8) is 0 Å². The van der Waals surface area contributed by atoms with Gasteiger partial charge in [-0.2, -0.15) is 5.10 Å². The zero-order valence-electron chi connectivity index (χ0n) is 14.4. The zero-order valence-corrected chi connectivity index (χ0v) is 14.4. The molecule has 1 aliphatic heterocycles. The molecule has 3 rings (SSSR count). The molecular formula is C17H20FN5O3. The molecule has 2 aromatic rings. The molecule has 0 aliphatic carbocycles. The van der Waals surface area contributed by atoms with Gasteiger partial charge >= 0.3 is 6.03 Å². The summed E-state index contributed by atoms with van der Waals surface area (Å²) >= 11 is 0. The Labute approximate surface area is 149 Å². The first-order chi connectivity index (χ1) is 12.6. The highest BCUT2D eigenvalue weighted by Gasteiger charge is 2.24. The average molecular weight is 361 g/mol. The molecule has 0 spiro atoms. The number of nitrogens with one attached hydrogen (secondary N) is 2. The van der Waals surface area contributed by atoms with Gasteiger partial charge in [-0.25, -0.2) is 9.18 Å². The van der Waals surface area contributed by atoms with E-state index in [-0.39, 0.29) is 12.5 Å². The van der Waals surface area contributed by atoms with Crippen molar-refractivity contribution in [3.05, 3.63) is 30.6 Å². The first-order valence-electron chi connectivity index (χ1n) is 8.25. The number of aryl methyl sites for hydroxylation is 1. The molecule has 0 atom stereocenters. The summed E-state index contributed by atoms with van der Waals surface area (Å²) in [5.74, 6) is 0.601. The minimum atomic E-state index is -0.531. The van der Waals surface area contributed by atoms with Gasteiger partial charge < -0.3 is 20.3 Å². The lowest BCUT2D eigenvalue weighted by Crippen LogP contribution is -2.25. The summed E-state index contributed by atoms with van der Waals surface area (Å²) in [5.41, 5.74) is 1.61. The number of ether oxygens (including phenoxy) is 1. The third-order valence-electron chi connectivity index (χ3n) is 4.01. The second kappa shape index (κ2) is 7.85. The molecule has 1 aromatic carbocycles. The lowest BCUT2D eigenvalue weighted by atomic mass is 10.2. The van der Waals surface area contributed by atoms with Crippen molar-refractivity contribution in [3.8, 4) is 5.75 Å². The Kier molecular flexibility index (Phi) is 5.35. The lowest BCUT2D eigenvalue weighted by Gasteiger charge is -2.20. The van der Waals surface area contributed by atoms with Crippen LogP contribution in [0.25, 0.3) is 0 Å². The topological polar surface area (TPSA) is 88.5 Å². The minimum Gasteiger partial charge on any atom is -0.495 e. The summed E-state index contributed by atoms with van der Waals surface area (Å²) in [4.78, 5) is 25.8. The number of nitrogens with zero attached hydrogens (tertiary/aromatic N) is 3. The molecule has 0 radical (unpaired) electrons. The summed E-state index contributed by atoms with van der Waals surface area (Å²) in [6.07, 6.45) is 4.28. The summed E-state index contributed by atoms with van der Waals surface area (Å²) < 4.78 is 19.0. The van der Waals surface area contributed by atoms with Crippen LogP contribution in [0.2, 0.25) is 0 Å². The van der Waals surface area contributed by atoms with Crippen LogP contribution in [-0.2, 0) is 11.3 Å². The molecule has 9 heteroatoms. The lowest BCUT2D eigenvalue weighted by molar-refractivity contribution is -0.117. The van der Waals surface area contributed by atoms with Crippen LogP contribution in [0.4, 0.5) is 26.2 Å². The quantitative estimate of drug-likeness (QED) is 0.828. The van der Waals surface area contributed by atoms with Crippen molar-refractivity contribution in [2.45, 2.75) is 19.4 Å². The van der Waals surface area contributed by atoms with Crippen LogP contribution < -0.4 is 20.3 Å². The molecule has 2 heterocycles. The highest BCUT2D eigenvalue weighted by Crippen LogP contribution is 2.34. The second-order valence-electron chi connectivity index (χ2n) is 5.80. The van der Waals surface area contributed by atoms with Crippen LogP contribution >= 0.6 is 0 Å². The van der Waals surface area contributed by atoms with Gasteiger partial charge in [0, 0.05) is 24.8 Å². The molecule has 0 unspecified atom stereocenters. The van der Waals surface area contributed by atoms with Crippen LogP contribution in [0, 0.1) is 0 Å². The number of carbonyl (C=O) groups is 2. The molecule has 3 amide bonds. The fourth-order valence-electron chi connectivity index (χ4n) is 2.81. The third-order valence-corrected chi connectivity index (χ3v) is 4.01. The van der Waals surface area contributed by atoms with E-state index >= 15 is 0 Å². The smallest absolute Gasteiger partial charge is 0.323 e. The highest BCUT2D eigenvalue weighted by molar-refractivity contribution is 6.01. The van der Waals surface area contributed by atoms with Gasteiger partial charge in [0.2, 0.25) is 5.91 Å². The van der Waals surface area contributed by atoms with E-state index < -0.39 is 12.7 Å². The SMILES string of the molecule is COc1ccc(NC(=O)Nc2cnn(CCF)c2)cc1N1CCCC1=O. The maximum absolute atomic E-state index is 12.3. The molecule has 0 saturated carbocycles. The fourth-order valence-corrected chi connectivity index (χ4v) is 2.81. The van der Waals surface area contributed by atoms with E-state index in [1.807, 2.05) is 0 Å². The molecule has 1 aromatic heterocycles. The number of anilines is 3. The summed E-state index contributed by atoms with van der Waals surface area (Å²) in [6, 6.07) is 4.63. The number of halogens is 1. The Hall–Kier alpha value is -3.10. The predicted octanol–water partition coefficient (Wildman–Crippen LogP) is 2.63. The summed E-state index contributed by atoms with van der Waals surface area (Å²) in [7, 11) is 1.54. The molecule has 26 heavy (non-hydrogen) atoms. The van der Waals surface area contributed by atoms with Crippen LogP contribution in [-0.4, -0.2) is 42.0 Å². The Bertz CT molecular complexity index is 807. The number of rotatable bonds is 6. The number of aromatic nitrogens is 2. The first-order valence-corrected chi connectivity index (χ1v) is 8.25. The molecule has 138 valence electrons. The number of hydrogen-bond donors (Lipinski definition) is 2. The monoisotopic (exact) mass is 361 g/mol. The Morgan fingerprint density at radius 2 is 2.15 bits per heavy atom. The van der Waals surface area contributed by atoms with E-state index in [1.54, 1.807) is 29.3 Å². The van der Waals surface area contributed by atoms with Gasteiger partial charge in [-0.1, -0.05) is 0 Å². The van der Waals surface area contributed by atoms with Gasteiger partial charge in [0.25, 0.3) is 0 Å². The van der Waals surface area contributed by atoms with E-state index in [9.17, 15) is 14.0 Å². The Balaban J connectivity index is 1.70. The van der Waals surface area contributed by atoms with E-state index in [0.29, 0.717) is 35.8 Å². The molecule has 0 bridgehead atoms. The summed E-state index contributed by atoms with van der Waals surface area (Å²) in [5, 5.41) is 9.27. The van der Waals surface area contributed by atoms with Crippen molar-refractivity contribution in [1.82, 2.24) is 9.78 Å².